The van der Waals surface area contributed by atoms with Gasteiger partial charge in [0.1, 0.15) is 11.3 Å². The monoisotopic (exact) mass is 324 g/mol. The Hall–Kier alpha value is -1.29. The van der Waals surface area contributed by atoms with E-state index in [4.69, 9.17) is 4.74 Å². The van der Waals surface area contributed by atoms with Crippen LogP contribution in [0.4, 0.5) is 0 Å². The average Bonchev–Trinajstić information content (AvgIpc) is 2.37. The molecule has 1 aliphatic carbocycles. The van der Waals surface area contributed by atoms with Gasteiger partial charge in [-0.2, -0.15) is 0 Å². The van der Waals surface area contributed by atoms with Crippen molar-refractivity contribution in [3.63, 3.8) is 0 Å². The Bertz CT molecular complexity index is 496. The molecule has 0 aliphatic heterocycles. The van der Waals surface area contributed by atoms with Crippen molar-refractivity contribution in [1.29, 1.82) is 0 Å². The molecule has 1 N–H and O–H groups in total. The molecule has 0 fully saturated rings. The first-order valence-electron chi connectivity index (χ1n) is 6.39. The quantitative estimate of drug-likeness (QED) is 0.847. The number of ether oxygens (including phenoxy) is 1. The number of halogens is 1. The molecule has 0 radical (unpaired) electrons. The number of allylic oxidation sites excluding steroid dienone is 2. The summed E-state index contributed by atoms with van der Waals surface area (Å²) in [6.45, 7) is 2.76. The van der Waals surface area contributed by atoms with Crippen molar-refractivity contribution in [2.24, 2.45) is 11.8 Å². The molecule has 2 rings (SSSR count). The molecule has 2 atom stereocenters. The normalized spacial score (nSPS) is 22.2. The summed E-state index contributed by atoms with van der Waals surface area (Å²) in [6, 6.07) is 5.20. The third-order valence-electron chi connectivity index (χ3n) is 3.56. The fourth-order valence-electron chi connectivity index (χ4n) is 2.27. The van der Waals surface area contributed by atoms with Gasteiger partial charge < -0.3 is 9.84 Å². The molecule has 0 spiro atoms. The molecule has 1 aromatic carbocycles. The van der Waals surface area contributed by atoms with E-state index in [0.29, 0.717) is 28.7 Å². The molecule has 19 heavy (non-hydrogen) atoms. The van der Waals surface area contributed by atoms with Crippen LogP contribution in [0.2, 0.25) is 0 Å². The fourth-order valence-corrected chi connectivity index (χ4v) is 2.79. The first-order chi connectivity index (χ1) is 9.09. The zero-order chi connectivity index (χ0) is 13.8. The van der Waals surface area contributed by atoms with Gasteiger partial charge in [-0.1, -0.05) is 25.1 Å². The lowest BCUT2D eigenvalue weighted by atomic mass is 9.85. The maximum atomic E-state index is 11.2. The number of aromatic carboxylic acids is 1. The summed E-state index contributed by atoms with van der Waals surface area (Å²) in [5, 5.41) is 9.21. The SMILES string of the molecule is CC1CC=CCC1COc1cccc(Br)c1C(=O)O. The lowest BCUT2D eigenvalue weighted by Gasteiger charge is -2.25. The highest BCUT2D eigenvalue weighted by molar-refractivity contribution is 9.10. The molecule has 0 aromatic heterocycles. The zero-order valence-electron chi connectivity index (χ0n) is 10.8. The van der Waals surface area contributed by atoms with Crippen LogP contribution in [0, 0.1) is 11.8 Å². The van der Waals surface area contributed by atoms with Gasteiger partial charge in [-0.15, -0.1) is 0 Å². The van der Waals surface area contributed by atoms with E-state index in [1.807, 2.05) is 0 Å². The van der Waals surface area contributed by atoms with E-state index in [1.165, 1.54) is 0 Å². The van der Waals surface area contributed by atoms with E-state index >= 15 is 0 Å². The Labute approximate surface area is 121 Å². The third-order valence-corrected chi connectivity index (χ3v) is 4.22. The van der Waals surface area contributed by atoms with E-state index in [1.54, 1.807) is 18.2 Å². The van der Waals surface area contributed by atoms with Gasteiger partial charge in [0, 0.05) is 4.47 Å². The summed E-state index contributed by atoms with van der Waals surface area (Å²) in [5.41, 5.74) is 0.196. The molecule has 0 saturated carbocycles. The van der Waals surface area contributed by atoms with Crippen molar-refractivity contribution in [3.05, 3.63) is 40.4 Å². The molecular formula is C15H17BrO3. The van der Waals surface area contributed by atoms with E-state index in [0.717, 1.165) is 12.8 Å². The molecule has 0 heterocycles. The summed E-state index contributed by atoms with van der Waals surface area (Å²) >= 11 is 3.25. The number of rotatable bonds is 4. The maximum absolute atomic E-state index is 11.2. The number of carboxylic acid groups (broad SMARTS) is 1. The van der Waals surface area contributed by atoms with Gasteiger partial charge >= 0.3 is 5.97 Å². The molecule has 102 valence electrons. The second-order valence-corrected chi connectivity index (χ2v) is 5.76. The van der Waals surface area contributed by atoms with Crippen LogP contribution < -0.4 is 4.74 Å². The molecule has 2 unspecified atom stereocenters. The summed E-state index contributed by atoms with van der Waals surface area (Å²) in [7, 11) is 0. The Morgan fingerprint density at radius 2 is 2.16 bits per heavy atom. The van der Waals surface area contributed by atoms with Gasteiger partial charge in [-0.25, -0.2) is 4.79 Å². The fraction of sp³-hybridized carbons (Fsp3) is 0.400. The first kappa shape index (κ1) is 14.1. The lowest BCUT2D eigenvalue weighted by molar-refractivity contribution is 0.0689. The number of benzene rings is 1. The topological polar surface area (TPSA) is 46.5 Å². The highest BCUT2D eigenvalue weighted by atomic mass is 79.9. The van der Waals surface area contributed by atoms with Gasteiger partial charge in [-0.05, 0) is 52.7 Å². The van der Waals surface area contributed by atoms with Crippen LogP contribution in [0.25, 0.3) is 0 Å². The predicted molar refractivity (Wildman–Crippen MR) is 77.6 cm³/mol. The summed E-state index contributed by atoms with van der Waals surface area (Å²) in [5.74, 6) is 0.485. The molecule has 0 bridgehead atoms. The summed E-state index contributed by atoms with van der Waals surface area (Å²) < 4.78 is 6.29. The van der Waals surface area contributed by atoms with E-state index in [-0.39, 0.29) is 5.56 Å². The van der Waals surface area contributed by atoms with Crippen molar-refractivity contribution >= 4 is 21.9 Å². The van der Waals surface area contributed by atoms with Crippen molar-refractivity contribution in [2.45, 2.75) is 19.8 Å². The minimum absolute atomic E-state index is 0.196. The molecule has 0 amide bonds. The summed E-state index contributed by atoms with van der Waals surface area (Å²) in [6.07, 6.45) is 6.44. The molecule has 3 nitrogen and oxygen atoms in total. The number of hydrogen-bond acceptors (Lipinski definition) is 2. The van der Waals surface area contributed by atoms with Crippen LogP contribution in [0.15, 0.2) is 34.8 Å². The second-order valence-electron chi connectivity index (χ2n) is 4.91. The van der Waals surface area contributed by atoms with Gasteiger partial charge in [0.25, 0.3) is 0 Å². The van der Waals surface area contributed by atoms with E-state index < -0.39 is 5.97 Å². The van der Waals surface area contributed by atoms with Crippen LogP contribution in [-0.2, 0) is 0 Å². The van der Waals surface area contributed by atoms with Crippen LogP contribution in [0.3, 0.4) is 0 Å². The molecule has 4 heteroatoms. The van der Waals surface area contributed by atoms with Crippen molar-refractivity contribution < 1.29 is 14.6 Å². The van der Waals surface area contributed by atoms with Crippen molar-refractivity contribution in [3.8, 4) is 5.75 Å². The minimum Gasteiger partial charge on any atom is -0.492 e. The first-order valence-corrected chi connectivity index (χ1v) is 7.18. The Kier molecular flexibility index (Phi) is 4.64. The van der Waals surface area contributed by atoms with E-state index in [9.17, 15) is 9.90 Å². The molecule has 1 aromatic rings. The van der Waals surface area contributed by atoms with Crippen LogP contribution in [0.5, 0.6) is 5.75 Å². The third kappa shape index (κ3) is 3.38. The molecular weight excluding hydrogens is 308 g/mol. The molecule has 0 saturated heterocycles. The van der Waals surface area contributed by atoms with Gasteiger partial charge in [0.05, 0.1) is 6.61 Å². The number of carboxylic acids is 1. The number of carbonyl (C=O) groups is 1. The predicted octanol–water partition coefficient (Wildman–Crippen LogP) is 4.13. The van der Waals surface area contributed by atoms with Gasteiger partial charge in [-0.3, -0.25) is 0 Å². The van der Waals surface area contributed by atoms with Crippen LogP contribution in [0.1, 0.15) is 30.1 Å². The van der Waals surface area contributed by atoms with Crippen molar-refractivity contribution in [1.82, 2.24) is 0 Å². The lowest BCUT2D eigenvalue weighted by Crippen LogP contribution is -2.21. The smallest absolute Gasteiger partial charge is 0.340 e. The maximum Gasteiger partial charge on any atom is 0.340 e. The average molecular weight is 325 g/mol. The highest BCUT2D eigenvalue weighted by Crippen LogP contribution is 2.30. The number of hydrogen-bond donors (Lipinski definition) is 1. The molecule has 1 aliphatic rings. The van der Waals surface area contributed by atoms with Crippen LogP contribution >= 0.6 is 15.9 Å². The highest BCUT2D eigenvalue weighted by Gasteiger charge is 2.21. The standard InChI is InChI=1S/C15H17BrO3/c1-10-5-2-3-6-11(10)9-19-13-8-4-7-12(16)14(13)15(17)18/h2-4,7-8,10-11H,5-6,9H2,1H3,(H,17,18). The van der Waals surface area contributed by atoms with Crippen LogP contribution in [-0.4, -0.2) is 17.7 Å². The minimum atomic E-state index is -0.973. The Morgan fingerprint density at radius 1 is 1.42 bits per heavy atom. The Balaban J connectivity index is 2.09. The second kappa shape index (κ2) is 6.24. The van der Waals surface area contributed by atoms with Gasteiger partial charge in [0.15, 0.2) is 0 Å². The largest absolute Gasteiger partial charge is 0.492 e. The summed E-state index contributed by atoms with van der Waals surface area (Å²) in [4.78, 5) is 11.2. The van der Waals surface area contributed by atoms with Gasteiger partial charge in [0.2, 0.25) is 0 Å². The van der Waals surface area contributed by atoms with Crippen molar-refractivity contribution in [2.75, 3.05) is 6.61 Å². The Morgan fingerprint density at radius 3 is 2.84 bits per heavy atom. The zero-order valence-corrected chi connectivity index (χ0v) is 12.4. The van der Waals surface area contributed by atoms with E-state index in [2.05, 4.69) is 35.0 Å².